The number of nitrogens with zero attached hydrogens (tertiary/aromatic N) is 16. The average Bonchev–Trinajstić information content (AvgIpc) is 1.64. The number of anilines is 4. The number of halogens is 3. The normalized spacial score (nSPS) is 13.7. The number of amides is 4. The predicted octanol–water partition coefficient (Wildman–Crippen LogP) is 10.8. The van der Waals surface area contributed by atoms with Crippen LogP contribution in [0.15, 0.2) is 152 Å². The fraction of sp³-hybridized carbons (Fsp3) is 0.277. The Kier molecular flexibility index (Phi) is 23.1. The van der Waals surface area contributed by atoms with Gasteiger partial charge in [0, 0.05) is 108 Å². The molecule has 0 aliphatic carbocycles. The van der Waals surface area contributed by atoms with Crippen LogP contribution in [0.25, 0.3) is 44.3 Å². The van der Waals surface area contributed by atoms with Crippen molar-refractivity contribution in [3.8, 4) is 44.3 Å². The van der Waals surface area contributed by atoms with E-state index < -0.39 is 0 Å². The Morgan fingerprint density at radius 3 is 1.41 bits per heavy atom. The summed E-state index contributed by atoms with van der Waals surface area (Å²) in [6, 6.07) is 35.4. The highest BCUT2D eigenvalue weighted by molar-refractivity contribution is 7.15. The van der Waals surface area contributed by atoms with Gasteiger partial charge in [0.25, 0.3) is 0 Å². The molecule has 17 rings (SSSR count). The van der Waals surface area contributed by atoms with Crippen molar-refractivity contribution in [2.75, 3.05) is 49.9 Å². The summed E-state index contributed by atoms with van der Waals surface area (Å²) >= 11 is 1.68. The first-order chi connectivity index (χ1) is 54.5. The lowest BCUT2D eigenvalue weighted by molar-refractivity contribution is -0.132. The molecule has 1 saturated heterocycles. The quantitative estimate of drug-likeness (QED) is 0.0658. The number of thiophene rings is 1. The SMILES string of the molecule is CCc1ncc2c(n1)CN(C(=O)Cc1nc(-c3ccc(F)cc3)ccc1N)C2.COCCn1cc2c(n1)CN(C(=O)Cc1nc(-c3ccc(F)cc3C)ccc1N)C2.Cc1ncc2c(n1)CN(C(=O)Cc1nc(-c3ccc(C)s3)ccc1N)C2.Nc1ccc(-c2ccc(F)cc2)nc1CC(=O)N1Cc2cn(C3COC3)nc2C1. The summed E-state index contributed by atoms with van der Waals surface area (Å²) in [5.74, 6) is 0.442. The Morgan fingerprint density at radius 2 is 0.938 bits per heavy atom. The van der Waals surface area contributed by atoms with E-state index in [0.717, 1.165) is 95.9 Å². The van der Waals surface area contributed by atoms with Crippen molar-refractivity contribution in [3.63, 3.8) is 0 Å². The lowest BCUT2D eigenvalue weighted by atomic mass is 10.0. The number of aromatic nitrogens is 12. The maximum absolute atomic E-state index is 13.4. The summed E-state index contributed by atoms with van der Waals surface area (Å²) in [6.07, 6.45) is 8.85. The summed E-state index contributed by atoms with van der Waals surface area (Å²) in [5, 5.41) is 9.13. The molecular weight excluding hydrogens is 1460 g/mol. The van der Waals surface area contributed by atoms with Crippen LogP contribution in [0.4, 0.5) is 35.9 Å². The average molecular weight is 1550 g/mol. The highest BCUT2D eigenvalue weighted by Gasteiger charge is 2.33. The van der Waals surface area contributed by atoms with Crippen LogP contribution in [0.2, 0.25) is 0 Å². The summed E-state index contributed by atoms with van der Waals surface area (Å²) in [7, 11) is 1.66. The van der Waals surface area contributed by atoms with E-state index in [2.05, 4.69) is 63.1 Å². The van der Waals surface area contributed by atoms with Crippen molar-refractivity contribution in [2.45, 2.75) is 125 Å². The zero-order chi connectivity index (χ0) is 79.1. The van der Waals surface area contributed by atoms with Gasteiger partial charge in [-0.15, -0.1) is 11.3 Å². The number of benzene rings is 3. The fourth-order valence-electron chi connectivity index (χ4n) is 13.5. The van der Waals surface area contributed by atoms with Gasteiger partial charge in [0.05, 0.1) is 180 Å². The van der Waals surface area contributed by atoms with Gasteiger partial charge in [-0.25, -0.2) is 38.1 Å². The van der Waals surface area contributed by atoms with Crippen molar-refractivity contribution in [3.05, 3.63) is 260 Å². The maximum atomic E-state index is 13.4. The molecule has 12 aromatic rings. The van der Waals surface area contributed by atoms with Crippen LogP contribution in [-0.4, -0.2) is 130 Å². The number of nitrogens with two attached hydrogens (primary N) is 4. The number of nitrogen functional groups attached to an aromatic ring is 4. The van der Waals surface area contributed by atoms with Crippen molar-refractivity contribution < 1.29 is 41.8 Å². The molecule has 0 atom stereocenters. The molecular formula is C83H83F3N20O6S. The largest absolute Gasteiger partial charge is 0.397 e. The predicted molar refractivity (Wildman–Crippen MR) is 420 cm³/mol. The molecule has 3 aromatic carbocycles. The minimum atomic E-state index is -0.308. The number of pyridine rings is 4. The summed E-state index contributed by atoms with van der Waals surface area (Å²) in [6.45, 7) is 14.5. The van der Waals surface area contributed by atoms with Gasteiger partial charge in [0.1, 0.15) is 29.1 Å². The Hall–Kier alpha value is -12.7. The smallest absolute Gasteiger partial charge is 0.229 e. The maximum Gasteiger partial charge on any atom is 0.229 e. The highest BCUT2D eigenvalue weighted by Crippen LogP contribution is 2.33. The van der Waals surface area contributed by atoms with E-state index in [4.69, 9.17) is 32.4 Å². The molecule has 14 heterocycles. The number of ether oxygens (including phenoxy) is 2. The first-order valence-electron chi connectivity index (χ1n) is 36.9. The molecule has 578 valence electrons. The highest BCUT2D eigenvalue weighted by atomic mass is 32.1. The number of rotatable bonds is 17. The zero-order valence-corrected chi connectivity index (χ0v) is 63.8. The second-order valence-corrected chi connectivity index (χ2v) is 29.4. The minimum Gasteiger partial charge on any atom is -0.397 e. The van der Waals surface area contributed by atoms with Gasteiger partial charge in [0.15, 0.2) is 0 Å². The van der Waals surface area contributed by atoms with E-state index in [1.807, 2.05) is 60.7 Å². The molecule has 0 spiro atoms. The Labute approximate surface area is 653 Å². The lowest BCUT2D eigenvalue weighted by Gasteiger charge is -2.26. The van der Waals surface area contributed by atoms with Crippen LogP contribution in [0, 0.1) is 38.2 Å². The molecule has 0 saturated carbocycles. The van der Waals surface area contributed by atoms with Gasteiger partial charge in [0.2, 0.25) is 23.6 Å². The summed E-state index contributed by atoms with van der Waals surface area (Å²) in [4.78, 5) is 96.4. The first-order valence-corrected chi connectivity index (χ1v) is 37.7. The van der Waals surface area contributed by atoms with Crippen molar-refractivity contribution in [1.82, 2.24) is 79.0 Å². The van der Waals surface area contributed by atoms with E-state index in [1.54, 1.807) is 117 Å². The number of hydrogen-bond donors (Lipinski definition) is 4. The van der Waals surface area contributed by atoms with Gasteiger partial charge in [-0.1, -0.05) is 6.92 Å². The minimum absolute atomic E-state index is 0.000590. The molecule has 30 heteroatoms. The number of carbonyl (C=O) groups excluding carboxylic acids is 4. The molecule has 0 radical (unpaired) electrons. The molecule has 9 aromatic heterocycles. The van der Waals surface area contributed by atoms with Gasteiger partial charge in [-0.2, -0.15) is 10.2 Å². The number of hydrogen-bond acceptors (Lipinski definition) is 21. The van der Waals surface area contributed by atoms with Crippen molar-refractivity contribution >= 4 is 57.7 Å². The van der Waals surface area contributed by atoms with Gasteiger partial charge in [-0.3, -0.25) is 43.5 Å². The second kappa shape index (κ2) is 33.9. The molecule has 26 nitrogen and oxygen atoms in total. The Balaban J connectivity index is 0.000000125. The van der Waals surface area contributed by atoms with Gasteiger partial charge < -0.3 is 52.0 Å². The van der Waals surface area contributed by atoms with Crippen LogP contribution >= 0.6 is 11.3 Å². The fourth-order valence-corrected chi connectivity index (χ4v) is 14.4. The van der Waals surface area contributed by atoms with E-state index in [-0.39, 0.29) is 66.8 Å². The molecule has 0 bridgehead atoms. The third kappa shape index (κ3) is 18.2. The Morgan fingerprint density at radius 1 is 0.487 bits per heavy atom. The number of carbonyl (C=O) groups is 4. The monoisotopic (exact) mass is 1540 g/mol. The summed E-state index contributed by atoms with van der Waals surface area (Å²) < 4.78 is 53.8. The van der Waals surface area contributed by atoms with Crippen molar-refractivity contribution in [2.24, 2.45) is 0 Å². The second-order valence-electron chi connectivity index (χ2n) is 28.1. The molecule has 8 N–H and O–H groups in total. The van der Waals surface area contributed by atoms with E-state index in [1.165, 1.54) is 41.3 Å². The molecule has 5 aliphatic rings. The molecule has 5 aliphatic heterocycles. The first kappa shape index (κ1) is 77.1. The van der Waals surface area contributed by atoms with Crippen molar-refractivity contribution in [1.29, 1.82) is 0 Å². The van der Waals surface area contributed by atoms with Crippen LogP contribution in [0.1, 0.15) is 103 Å². The van der Waals surface area contributed by atoms with Crippen LogP contribution in [0.3, 0.4) is 0 Å². The van der Waals surface area contributed by atoms with E-state index >= 15 is 0 Å². The number of fused-ring (bicyclic) bond motifs is 4. The molecule has 1 fully saturated rings. The number of methoxy groups -OCH3 is 1. The molecule has 0 unspecified atom stereocenters. The third-order valence-electron chi connectivity index (χ3n) is 20.0. The van der Waals surface area contributed by atoms with Crippen LogP contribution < -0.4 is 22.9 Å². The molecule has 4 amide bonds. The zero-order valence-electron chi connectivity index (χ0n) is 63.0. The van der Waals surface area contributed by atoms with Gasteiger partial charge >= 0.3 is 0 Å². The number of aryl methyl sites for hydroxylation is 4. The van der Waals surface area contributed by atoms with Crippen LogP contribution in [0.5, 0.6) is 0 Å². The Bertz CT molecular complexity index is 5510. The van der Waals surface area contributed by atoms with Crippen LogP contribution in [-0.2, 0) is 120 Å². The third-order valence-corrected chi connectivity index (χ3v) is 21.0. The lowest BCUT2D eigenvalue weighted by Crippen LogP contribution is -2.32. The van der Waals surface area contributed by atoms with Gasteiger partial charge in [-0.05, 0) is 154 Å². The summed E-state index contributed by atoms with van der Waals surface area (Å²) in [5.41, 5.74) is 42.2. The molecule has 113 heavy (non-hydrogen) atoms. The van der Waals surface area contributed by atoms with E-state index in [0.29, 0.717) is 147 Å². The standard InChI is InChI=1S/C22H24FN5O2.C21H20FN5O2.C21H20FN5O.C19H19N5OS/c1-14-9-16(23)3-4-17(14)19-6-5-18(24)20(25-19)10-22(29)27-11-15-12-28(7-8-30-2)26-21(15)13-27;22-15-3-1-13(2-4-15)18-6-5-17(23)19(24-18)7-21(28)26-8-14-9-27(16-11-29-12-16)25-20(14)10-26;1-2-20-24-10-14-11-27(12-19(14)26-20)21(28)9-18-16(23)7-8-17(25-18)13-3-5-15(22)6-4-13;1-11-3-6-18(26-11)15-5-4-14(20)16(23-15)7-19(25)24-9-13-8-21-12(2)22-17(13)10-24/h3-6,9,12H,7-8,10-11,13,24H2,1-2H3;1-6,9,16H,7-8,10-12,23H2;3-8,10H,2,9,11-12,23H2,1H3;3-6,8H,7,9-10,20H2,1-2H3. The topological polar surface area (TPSA) is 343 Å². The van der Waals surface area contributed by atoms with E-state index in [9.17, 15) is 32.3 Å².